The summed E-state index contributed by atoms with van der Waals surface area (Å²) < 4.78 is 10.6. The minimum atomic E-state index is -0.116. The minimum absolute atomic E-state index is 0.0484. The standard InChI is InChI=1S/C14H18N4O3/c1-9-11(10(2)21-17-9)7-14(19)18-5-6-20-8-13(18)12-3-4-15-16-12/h3-4,13H,5-8H2,1-2H3,(H,15,16). The number of carbonyl (C=O) groups is 1. The van der Waals surface area contributed by atoms with Gasteiger partial charge >= 0.3 is 0 Å². The van der Waals surface area contributed by atoms with Crippen LogP contribution in [0, 0.1) is 13.8 Å². The lowest BCUT2D eigenvalue weighted by atomic mass is 10.1. The molecule has 1 fully saturated rings. The molecule has 2 aromatic rings. The molecule has 7 nitrogen and oxygen atoms in total. The fraction of sp³-hybridized carbons (Fsp3) is 0.500. The number of aryl methyl sites for hydroxylation is 2. The number of aromatic amines is 1. The fourth-order valence-corrected chi connectivity index (χ4v) is 2.62. The van der Waals surface area contributed by atoms with Gasteiger partial charge < -0.3 is 14.2 Å². The van der Waals surface area contributed by atoms with Crippen LogP contribution in [-0.2, 0) is 16.0 Å². The molecular formula is C14H18N4O3. The van der Waals surface area contributed by atoms with Crippen LogP contribution in [-0.4, -0.2) is 45.9 Å². The molecule has 0 aliphatic carbocycles. The first kappa shape index (κ1) is 13.8. The first-order valence-electron chi connectivity index (χ1n) is 6.95. The van der Waals surface area contributed by atoms with Crippen molar-refractivity contribution in [3.63, 3.8) is 0 Å². The van der Waals surface area contributed by atoms with Crippen molar-refractivity contribution in [3.8, 4) is 0 Å². The Morgan fingerprint density at radius 1 is 1.52 bits per heavy atom. The van der Waals surface area contributed by atoms with Gasteiger partial charge in [-0.05, 0) is 19.9 Å². The first-order chi connectivity index (χ1) is 10.2. The Bertz CT molecular complexity index is 601. The van der Waals surface area contributed by atoms with Crippen molar-refractivity contribution in [2.75, 3.05) is 19.8 Å². The first-order valence-corrected chi connectivity index (χ1v) is 6.95. The van der Waals surface area contributed by atoms with E-state index in [0.717, 1.165) is 17.0 Å². The highest BCUT2D eigenvalue weighted by Gasteiger charge is 2.30. The van der Waals surface area contributed by atoms with E-state index in [1.165, 1.54) is 0 Å². The van der Waals surface area contributed by atoms with Crippen molar-refractivity contribution in [1.82, 2.24) is 20.3 Å². The molecule has 3 rings (SSSR count). The van der Waals surface area contributed by atoms with E-state index in [4.69, 9.17) is 9.26 Å². The zero-order valence-electron chi connectivity index (χ0n) is 12.1. The zero-order valence-corrected chi connectivity index (χ0v) is 12.1. The van der Waals surface area contributed by atoms with Crippen LogP contribution < -0.4 is 0 Å². The molecule has 1 saturated heterocycles. The summed E-state index contributed by atoms with van der Waals surface area (Å²) in [6, 6.07) is 1.75. The second-order valence-corrected chi connectivity index (χ2v) is 5.17. The Labute approximate surface area is 122 Å². The number of nitrogens with zero attached hydrogens (tertiary/aromatic N) is 3. The Morgan fingerprint density at radius 3 is 3.05 bits per heavy atom. The summed E-state index contributed by atoms with van der Waals surface area (Å²) >= 11 is 0. The number of rotatable bonds is 3. The predicted molar refractivity (Wildman–Crippen MR) is 73.5 cm³/mol. The smallest absolute Gasteiger partial charge is 0.227 e. The van der Waals surface area contributed by atoms with Gasteiger partial charge in [0.25, 0.3) is 0 Å². The second kappa shape index (κ2) is 5.69. The van der Waals surface area contributed by atoms with Gasteiger partial charge in [-0.3, -0.25) is 9.89 Å². The number of H-pyrrole nitrogens is 1. The van der Waals surface area contributed by atoms with Gasteiger partial charge in [0.15, 0.2) is 0 Å². The van der Waals surface area contributed by atoms with E-state index in [1.807, 2.05) is 24.8 Å². The van der Waals surface area contributed by atoms with E-state index in [-0.39, 0.29) is 11.9 Å². The van der Waals surface area contributed by atoms with E-state index in [0.29, 0.717) is 31.9 Å². The molecule has 1 atom stereocenters. The van der Waals surface area contributed by atoms with Crippen LogP contribution in [0.4, 0.5) is 0 Å². The monoisotopic (exact) mass is 290 g/mol. The number of ether oxygens (including phenoxy) is 1. The average molecular weight is 290 g/mol. The molecule has 112 valence electrons. The summed E-state index contributed by atoms with van der Waals surface area (Å²) in [5.41, 5.74) is 2.53. The largest absolute Gasteiger partial charge is 0.377 e. The van der Waals surface area contributed by atoms with Crippen molar-refractivity contribution >= 4 is 5.91 Å². The van der Waals surface area contributed by atoms with Gasteiger partial charge in [-0.1, -0.05) is 5.16 Å². The Hall–Kier alpha value is -2.15. The maximum absolute atomic E-state index is 12.6. The Morgan fingerprint density at radius 2 is 2.38 bits per heavy atom. The summed E-state index contributed by atoms with van der Waals surface area (Å²) in [5, 5.41) is 10.8. The molecule has 1 aliphatic heterocycles. The lowest BCUT2D eigenvalue weighted by Crippen LogP contribution is -2.44. The highest BCUT2D eigenvalue weighted by Crippen LogP contribution is 2.24. The molecule has 21 heavy (non-hydrogen) atoms. The molecule has 0 saturated carbocycles. The summed E-state index contributed by atoms with van der Waals surface area (Å²) in [7, 11) is 0. The molecule has 2 aromatic heterocycles. The van der Waals surface area contributed by atoms with Gasteiger partial charge in [0, 0.05) is 18.3 Å². The van der Waals surface area contributed by atoms with Gasteiger partial charge in [-0.2, -0.15) is 5.10 Å². The molecule has 7 heteroatoms. The molecule has 0 spiro atoms. The van der Waals surface area contributed by atoms with Gasteiger partial charge in [0.05, 0.1) is 37.1 Å². The maximum Gasteiger partial charge on any atom is 0.227 e. The third kappa shape index (κ3) is 2.69. The van der Waals surface area contributed by atoms with Crippen LogP contribution >= 0.6 is 0 Å². The molecule has 0 radical (unpaired) electrons. The average Bonchev–Trinajstić information content (AvgIpc) is 3.13. The number of amides is 1. The number of nitrogens with one attached hydrogen (secondary N) is 1. The normalized spacial score (nSPS) is 19.0. The number of hydrogen-bond acceptors (Lipinski definition) is 5. The molecule has 1 aliphatic rings. The summed E-state index contributed by atoms with van der Waals surface area (Å²) in [4.78, 5) is 14.5. The molecular weight excluding hydrogens is 272 g/mol. The molecule has 1 amide bonds. The third-order valence-electron chi connectivity index (χ3n) is 3.84. The Kier molecular flexibility index (Phi) is 3.74. The van der Waals surface area contributed by atoms with Crippen molar-refractivity contribution in [1.29, 1.82) is 0 Å². The zero-order chi connectivity index (χ0) is 14.8. The van der Waals surface area contributed by atoms with Crippen LogP contribution in [0.2, 0.25) is 0 Å². The highest BCUT2D eigenvalue weighted by molar-refractivity contribution is 5.79. The van der Waals surface area contributed by atoms with E-state index < -0.39 is 0 Å². The minimum Gasteiger partial charge on any atom is -0.377 e. The van der Waals surface area contributed by atoms with Crippen molar-refractivity contribution in [2.24, 2.45) is 0 Å². The van der Waals surface area contributed by atoms with E-state index in [9.17, 15) is 4.79 Å². The van der Waals surface area contributed by atoms with Gasteiger partial charge in [0.1, 0.15) is 5.76 Å². The molecule has 1 unspecified atom stereocenters. The summed E-state index contributed by atoms with van der Waals surface area (Å²) in [5.74, 6) is 0.750. The molecule has 3 heterocycles. The number of carbonyl (C=O) groups excluding carboxylic acids is 1. The SMILES string of the molecule is Cc1noc(C)c1CC(=O)N1CCOCC1c1ccn[nH]1. The molecule has 0 aromatic carbocycles. The van der Waals surface area contributed by atoms with E-state index in [1.54, 1.807) is 6.20 Å². The van der Waals surface area contributed by atoms with E-state index >= 15 is 0 Å². The van der Waals surface area contributed by atoms with Gasteiger partial charge in [-0.25, -0.2) is 0 Å². The lowest BCUT2D eigenvalue weighted by Gasteiger charge is -2.35. The van der Waals surface area contributed by atoms with Gasteiger partial charge in [0.2, 0.25) is 5.91 Å². The highest BCUT2D eigenvalue weighted by atomic mass is 16.5. The maximum atomic E-state index is 12.6. The number of hydrogen-bond donors (Lipinski definition) is 1. The van der Waals surface area contributed by atoms with Crippen LogP contribution in [0.3, 0.4) is 0 Å². The third-order valence-corrected chi connectivity index (χ3v) is 3.84. The van der Waals surface area contributed by atoms with Crippen molar-refractivity contribution < 1.29 is 14.1 Å². The number of morpholine rings is 1. The predicted octanol–water partition coefficient (Wildman–Crippen LogP) is 1.16. The van der Waals surface area contributed by atoms with Crippen LogP contribution in [0.25, 0.3) is 0 Å². The fourth-order valence-electron chi connectivity index (χ4n) is 2.62. The topological polar surface area (TPSA) is 84.2 Å². The summed E-state index contributed by atoms with van der Waals surface area (Å²) in [6.45, 7) is 5.29. The van der Waals surface area contributed by atoms with Crippen LogP contribution in [0.1, 0.15) is 28.8 Å². The lowest BCUT2D eigenvalue weighted by molar-refractivity contribution is -0.139. The van der Waals surface area contributed by atoms with Crippen LogP contribution in [0.15, 0.2) is 16.8 Å². The molecule has 0 bridgehead atoms. The van der Waals surface area contributed by atoms with Crippen molar-refractivity contribution in [3.05, 3.63) is 35.0 Å². The number of aromatic nitrogens is 3. The Balaban J connectivity index is 1.79. The van der Waals surface area contributed by atoms with Crippen LogP contribution in [0.5, 0.6) is 0 Å². The van der Waals surface area contributed by atoms with E-state index in [2.05, 4.69) is 15.4 Å². The van der Waals surface area contributed by atoms with Gasteiger partial charge in [-0.15, -0.1) is 0 Å². The quantitative estimate of drug-likeness (QED) is 0.917. The molecule has 1 N–H and O–H groups in total. The second-order valence-electron chi connectivity index (χ2n) is 5.17. The van der Waals surface area contributed by atoms with Crippen molar-refractivity contribution in [2.45, 2.75) is 26.3 Å². The summed E-state index contributed by atoms with van der Waals surface area (Å²) in [6.07, 6.45) is 1.98.